The van der Waals surface area contributed by atoms with Crippen molar-refractivity contribution in [1.29, 1.82) is 0 Å². The van der Waals surface area contributed by atoms with Crippen LogP contribution < -0.4 is 14.8 Å². The van der Waals surface area contributed by atoms with Gasteiger partial charge in [-0.05, 0) is 12.1 Å². The van der Waals surface area contributed by atoms with Crippen molar-refractivity contribution < 1.29 is 23.8 Å². The summed E-state index contributed by atoms with van der Waals surface area (Å²) in [5, 5.41) is 2.77. The summed E-state index contributed by atoms with van der Waals surface area (Å²) in [4.78, 5) is 25.1. The van der Waals surface area contributed by atoms with Gasteiger partial charge < -0.3 is 24.4 Å². The highest BCUT2D eigenvalue weighted by atomic mass is 16.5. The van der Waals surface area contributed by atoms with Crippen molar-refractivity contribution in [2.24, 2.45) is 0 Å². The molecule has 0 saturated carbocycles. The number of nitrogens with zero attached hydrogens (tertiary/aromatic N) is 1. The van der Waals surface area contributed by atoms with Crippen LogP contribution in [0.1, 0.15) is 13.3 Å². The molecular formula is C16H24N2O5. The predicted molar refractivity (Wildman–Crippen MR) is 86.9 cm³/mol. The van der Waals surface area contributed by atoms with E-state index in [0.717, 1.165) is 0 Å². The van der Waals surface area contributed by atoms with Crippen LogP contribution in [0.4, 0.5) is 5.69 Å². The van der Waals surface area contributed by atoms with Crippen LogP contribution in [0.2, 0.25) is 0 Å². The van der Waals surface area contributed by atoms with Crippen LogP contribution >= 0.6 is 0 Å². The van der Waals surface area contributed by atoms with Gasteiger partial charge in [0.25, 0.3) is 0 Å². The Kier molecular flexibility index (Phi) is 7.90. The van der Waals surface area contributed by atoms with Crippen LogP contribution in [0.25, 0.3) is 0 Å². The van der Waals surface area contributed by atoms with Crippen molar-refractivity contribution in [3.05, 3.63) is 18.2 Å². The van der Waals surface area contributed by atoms with E-state index in [2.05, 4.69) is 5.32 Å². The van der Waals surface area contributed by atoms with Gasteiger partial charge in [0.05, 0.1) is 26.5 Å². The van der Waals surface area contributed by atoms with E-state index in [-0.39, 0.29) is 18.2 Å². The molecule has 0 atom stereocenters. The molecule has 2 amide bonds. The van der Waals surface area contributed by atoms with Gasteiger partial charge in [0.15, 0.2) is 0 Å². The summed E-state index contributed by atoms with van der Waals surface area (Å²) >= 11 is 0. The summed E-state index contributed by atoms with van der Waals surface area (Å²) in [5.74, 6) is 0.872. The normalized spacial score (nSPS) is 10.1. The van der Waals surface area contributed by atoms with Crippen LogP contribution in [-0.2, 0) is 14.3 Å². The molecule has 0 heterocycles. The number of hydrogen-bond donors (Lipinski definition) is 1. The summed E-state index contributed by atoms with van der Waals surface area (Å²) in [6.07, 6.45) is 0.193. The van der Waals surface area contributed by atoms with Crippen molar-refractivity contribution in [1.82, 2.24) is 4.90 Å². The number of methoxy groups -OCH3 is 3. The lowest BCUT2D eigenvalue weighted by Crippen LogP contribution is -2.34. The number of benzene rings is 1. The lowest BCUT2D eigenvalue weighted by Gasteiger charge is -2.20. The van der Waals surface area contributed by atoms with Crippen molar-refractivity contribution in [2.45, 2.75) is 13.3 Å². The Bertz CT molecular complexity index is 533. The first-order chi connectivity index (χ1) is 11.0. The largest absolute Gasteiger partial charge is 0.497 e. The Morgan fingerprint density at radius 3 is 2.43 bits per heavy atom. The second-order valence-electron chi connectivity index (χ2n) is 4.86. The van der Waals surface area contributed by atoms with E-state index in [1.165, 1.54) is 14.0 Å². The first-order valence-corrected chi connectivity index (χ1v) is 7.28. The maximum absolute atomic E-state index is 12.1. The van der Waals surface area contributed by atoms with Gasteiger partial charge in [-0.2, -0.15) is 0 Å². The lowest BCUT2D eigenvalue weighted by atomic mass is 10.2. The summed E-state index contributed by atoms with van der Waals surface area (Å²) in [7, 11) is 4.65. The number of hydrogen-bond acceptors (Lipinski definition) is 5. The summed E-state index contributed by atoms with van der Waals surface area (Å²) in [6, 6.07) is 5.14. The van der Waals surface area contributed by atoms with Crippen LogP contribution in [0.15, 0.2) is 18.2 Å². The molecule has 128 valence electrons. The second kappa shape index (κ2) is 9.68. The van der Waals surface area contributed by atoms with Crippen LogP contribution in [-0.4, -0.2) is 57.7 Å². The zero-order valence-electron chi connectivity index (χ0n) is 14.0. The maximum Gasteiger partial charge on any atom is 0.226 e. The average Bonchev–Trinajstić information content (AvgIpc) is 2.54. The van der Waals surface area contributed by atoms with Gasteiger partial charge in [-0.1, -0.05) is 0 Å². The smallest absolute Gasteiger partial charge is 0.226 e. The topological polar surface area (TPSA) is 77.1 Å². The number of carbonyl (C=O) groups is 2. The molecule has 0 bridgehead atoms. The van der Waals surface area contributed by atoms with E-state index < -0.39 is 0 Å². The third-order valence-electron chi connectivity index (χ3n) is 3.30. The number of ether oxygens (including phenoxy) is 3. The minimum Gasteiger partial charge on any atom is -0.497 e. The Hall–Kier alpha value is -2.28. The SMILES string of the molecule is COCCN(CCC(=O)Nc1ccc(OC)cc1OC)C(C)=O. The fourth-order valence-corrected chi connectivity index (χ4v) is 1.98. The molecular weight excluding hydrogens is 300 g/mol. The Morgan fingerprint density at radius 2 is 1.87 bits per heavy atom. The molecule has 7 nitrogen and oxygen atoms in total. The monoisotopic (exact) mass is 324 g/mol. The molecule has 0 aliphatic carbocycles. The summed E-state index contributed by atoms with van der Waals surface area (Å²) in [6.45, 7) is 2.71. The van der Waals surface area contributed by atoms with Gasteiger partial charge in [-0.3, -0.25) is 9.59 Å². The molecule has 0 unspecified atom stereocenters. The van der Waals surface area contributed by atoms with Crippen LogP contribution in [0.3, 0.4) is 0 Å². The van der Waals surface area contributed by atoms with Crippen molar-refractivity contribution in [3.8, 4) is 11.5 Å². The lowest BCUT2D eigenvalue weighted by molar-refractivity contribution is -0.130. The van der Waals surface area contributed by atoms with E-state index in [1.54, 1.807) is 37.3 Å². The van der Waals surface area contributed by atoms with E-state index in [1.807, 2.05) is 0 Å². The van der Waals surface area contributed by atoms with E-state index in [4.69, 9.17) is 14.2 Å². The molecule has 23 heavy (non-hydrogen) atoms. The highest BCUT2D eigenvalue weighted by Gasteiger charge is 2.13. The molecule has 1 N–H and O–H groups in total. The first kappa shape index (κ1) is 18.8. The molecule has 0 saturated heterocycles. The van der Waals surface area contributed by atoms with E-state index in [0.29, 0.717) is 36.9 Å². The highest BCUT2D eigenvalue weighted by molar-refractivity contribution is 5.92. The highest BCUT2D eigenvalue weighted by Crippen LogP contribution is 2.29. The molecule has 0 spiro atoms. The van der Waals surface area contributed by atoms with Gasteiger partial charge in [-0.15, -0.1) is 0 Å². The quantitative estimate of drug-likeness (QED) is 0.745. The van der Waals surface area contributed by atoms with Gasteiger partial charge in [0.2, 0.25) is 11.8 Å². The molecule has 0 aliphatic heterocycles. The van der Waals surface area contributed by atoms with E-state index in [9.17, 15) is 9.59 Å². The van der Waals surface area contributed by atoms with Crippen LogP contribution in [0, 0.1) is 0 Å². The number of nitrogens with one attached hydrogen (secondary N) is 1. The molecule has 0 aromatic heterocycles. The zero-order chi connectivity index (χ0) is 17.2. The fourth-order valence-electron chi connectivity index (χ4n) is 1.98. The third-order valence-corrected chi connectivity index (χ3v) is 3.30. The van der Waals surface area contributed by atoms with Crippen molar-refractivity contribution in [3.63, 3.8) is 0 Å². The molecule has 1 aromatic carbocycles. The van der Waals surface area contributed by atoms with Gasteiger partial charge >= 0.3 is 0 Å². The Labute approximate surface area is 136 Å². The minimum atomic E-state index is -0.197. The zero-order valence-corrected chi connectivity index (χ0v) is 14.0. The predicted octanol–water partition coefficient (Wildman–Crippen LogP) is 1.53. The van der Waals surface area contributed by atoms with Crippen molar-refractivity contribution >= 4 is 17.5 Å². The molecule has 1 aromatic rings. The standard InChI is InChI=1S/C16H24N2O5/c1-12(19)18(9-10-21-2)8-7-16(20)17-14-6-5-13(22-3)11-15(14)23-4/h5-6,11H,7-10H2,1-4H3,(H,17,20). The minimum absolute atomic E-state index is 0.0862. The Balaban J connectivity index is 2.60. The molecule has 0 radical (unpaired) electrons. The fraction of sp³-hybridized carbons (Fsp3) is 0.500. The molecule has 7 heteroatoms. The maximum atomic E-state index is 12.1. The summed E-state index contributed by atoms with van der Waals surface area (Å²) < 4.78 is 15.3. The number of rotatable bonds is 9. The van der Waals surface area contributed by atoms with Gasteiger partial charge in [0.1, 0.15) is 11.5 Å². The Morgan fingerprint density at radius 1 is 1.13 bits per heavy atom. The average molecular weight is 324 g/mol. The van der Waals surface area contributed by atoms with E-state index >= 15 is 0 Å². The van der Waals surface area contributed by atoms with Crippen LogP contribution in [0.5, 0.6) is 11.5 Å². The third kappa shape index (κ3) is 6.15. The van der Waals surface area contributed by atoms with Crippen molar-refractivity contribution in [2.75, 3.05) is 46.3 Å². The van der Waals surface area contributed by atoms with Gasteiger partial charge in [-0.25, -0.2) is 0 Å². The summed E-state index contributed by atoms with van der Waals surface area (Å²) in [5.41, 5.74) is 0.560. The number of anilines is 1. The molecule has 0 aliphatic rings. The molecule has 1 rings (SSSR count). The molecule has 0 fully saturated rings. The second-order valence-corrected chi connectivity index (χ2v) is 4.86. The first-order valence-electron chi connectivity index (χ1n) is 7.28. The van der Waals surface area contributed by atoms with Gasteiger partial charge in [0, 0.05) is 39.6 Å². The number of amides is 2. The number of carbonyl (C=O) groups excluding carboxylic acids is 2.